The number of rotatable bonds is 3. The van der Waals surface area contributed by atoms with Gasteiger partial charge < -0.3 is 0 Å². The molecule has 0 saturated carbocycles. The molecule has 0 rings (SSSR count). The van der Waals surface area contributed by atoms with Crippen molar-refractivity contribution in [3.05, 3.63) is 24.8 Å². The van der Waals surface area contributed by atoms with E-state index < -0.39 is 0 Å². The lowest BCUT2D eigenvalue weighted by Gasteiger charge is -1.95. The summed E-state index contributed by atoms with van der Waals surface area (Å²) in [6.45, 7) is 9.44. The summed E-state index contributed by atoms with van der Waals surface area (Å²) >= 11 is 0. The Bertz CT molecular complexity index is 80.0. The SMILES string of the molecule is [CH]=C/C=C/C(C)CC. The van der Waals surface area contributed by atoms with Crippen molar-refractivity contribution in [2.24, 2.45) is 5.92 Å². The van der Waals surface area contributed by atoms with E-state index in [9.17, 15) is 0 Å². The first-order chi connectivity index (χ1) is 3.81. The summed E-state index contributed by atoms with van der Waals surface area (Å²) < 4.78 is 0. The molecule has 0 heteroatoms. The first-order valence-corrected chi connectivity index (χ1v) is 3.03. The minimum Gasteiger partial charge on any atom is -0.0817 e. The molecule has 0 N–H and O–H groups in total. The molecule has 45 valence electrons. The fourth-order valence-electron chi connectivity index (χ4n) is 0.390. The fraction of sp³-hybridized carbons (Fsp3) is 0.500. The van der Waals surface area contributed by atoms with E-state index in [1.807, 2.05) is 6.08 Å². The summed E-state index contributed by atoms with van der Waals surface area (Å²) in [5, 5.41) is 0. The fourth-order valence-corrected chi connectivity index (χ4v) is 0.390. The van der Waals surface area contributed by atoms with Crippen molar-refractivity contribution in [3.8, 4) is 0 Å². The monoisotopic (exact) mass is 109 g/mol. The summed E-state index contributed by atoms with van der Waals surface area (Å²) in [6, 6.07) is 0. The molecule has 0 aliphatic carbocycles. The predicted octanol–water partition coefficient (Wildman–Crippen LogP) is 2.58. The Labute approximate surface area is 51.9 Å². The highest BCUT2D eigenvalue weighted by Crippen LogP contribution is 2.00. The zero-order valence-corrected chi connectivity index (χ0v) is 5.59. The summed E-state index contributed by atoms with van der Waals surface area (Å²) in [7, 11) is 0. The van der Waals surface area contributed by atoms with Crippen LogP contribution in [0.25, 0.3) is 0 Å². The van der Waals surface area contributed by atoms with Gasteiger partial charge in [0, 0.05) is 0 Å². The van der Waals surface area contributed by atoms with Gasteiger partial charge in [-0.05, 0) is 5.92 Å². The van der Waals surface area contributed by atoms with Gasteiger partial charge in [-0.2, -0.15) is 0 Å². The van der Waals surface area contributed by atoms with Crippen molar-refractivity contribution < 1.29 is 0 Å². The number of hydrogen-bond donors (Lipinski definition) is 0. The van der Waals surface area contributed by atoms with Crippen molar-refractivity contribution in [1.82, 2.24) is 0 Å². The molecular formula is C8H13. The first-order valence-electron chi connectivity index (χ1n) is 3.03. The second-order valence-corrected chi connectivity index (χ2v) is 1.96. The standard InChI is InChI=1S/C8H13/c1-4-6-7-8(3)5-2/h1,4,6-8H,5H2,2-3H3/b4-1?,7-6+. The van der Waals surface area contributed by atoms with E-state index in [2.05, 4.69) is 19.9 Å². The van der Waals surface area contributed by atoms with Crippen molar-refractivity contribution in [2.45, 2.75) is 20.3 Å². The molecule has 0 nitrogen and oxygen atoms in total. The Morgan fingerprint density at radius 3 is 2.62 bits per heavy atom. The Balaban J connectivity index is 3.35. The minimum absolute atomic E-state index is 0.662. The van der Waals surface area contributed by atoms with Gasteiger partial charge in [-0.15, -0.1) is 0 Å². The third-order valence-corrected chi connectivity index (χ3v) is 1.19. The summed E-state index contributed by atoms with van der Waals surface area (Å²) in [5.74, 6) is 0.662. The molecule has 0 amide bonds. The maximum absolute atomic E-state index is 5.12. The van der Waals surface area contributed by atoms with E-state index in [0.29, 0.717) is 5.92 Å². The molecule has 0 saturated heterocycles. The van der Waals surface area contributed by atoms with Crippen LogP contribution in [-0.4, -0.2) is 0 Å². The van der Waals surface area contributed by atoms with Crippen LogP contribution in [0.4, 0.5) is 0 Å². The second-order valence-electron chi connectivity index (χ2n) is 1.96. The highest BCUT2D eigenvalue weighted by Gasteiger charge is 1.86. The molecule has 0 aromatic carbocycles. The number of allylic oxidation sites excluding steroid dienone is 3. The third-order valence-electron chi connectivity index (χ3n) is 1.19. The van der Waals surface area contributed by atoms with Gasteiger partial charge in [-0.25, -0.2) is 0 Å². The molecule has 0 aliphatic heterocycles. The van der Waals surface area contributed by atoms with Crippen molar-refractivity contribution in [3.63, 3.8) is 0 Å². The smallest absolute Gasteiger partial charge is 0.0261 e. The van der Waals surface area contributed by atoms with E-state index in [0.717, 1.165) is 0 Å². The molecular weight excluding hydrogens is 96.1 g/mol. The lowest BCUT2D eigenvalue weighted by molar-refractivity contribution is 0.698. The van der Waals surface area contributed by atoms with Gasteiger partial charge in [-0.3, -0.25) is 0 Å². The summed E-state index contributed by atoms with van der Waals surface area (Å²) in [6.07, 6.45) is 6.73. The van der Waals surface area contributed by atoms with Gasteiger partial charge in [0.25, 0.3) is 0 Å². The molecule has 0 spiro atoms. The molecule has 0 aliphatic rings. The van der Waals surface area contributed by atoms with Crippen LogP contribution >= 0.6 is 0 Å². The Hall–Kier alpha value is -0.520. The number of hydrogen-bond acceptors (Lipinski definition) is 0. The Morgan fingerprint density at radius 2 is 2.25 bits per heavy atom. The van der Waals surface area contributed by atoms with Crippen LogP contribution in [0.15, 0.2) is 18.2 Å². The zero-order chi connectivity index (χ0) is 6.41. The minimum atomic E-state index is 0.662. The average molecular weight is 109 g/mol. The van der Waals surface area contributed by atoms with Crippen LogP contribution in [0.1, 0.15) is 20.3 Å². The van der Waals surface area contributed by atoms with Gasteiger partial charge in [0.1, 0.15) is 0 Å². The first kappa shape index (κ1) is 7.48. The van der Waals surface area contributed by atoms with Crippen molar-refractivity contribution in [1.29, 1.82) is 0 Å². The Morgan fingerprint density at radius 1 is 1.62 bits per heavy atom. The van der Waals surface area contributed by atoms with Crippen LogP contribution in [0.2, 0.25) is 0 Å². The molecule has 1 radical (unpaired) electrons. The van der Waals surface area contributed by atoms with E-state index in [4.69, 9.17) is 6.58 Å². The van der Waals surface area contributed by atoms with Crippen molar-refractivity contribution in [2.75, 3.05) is 0 Å². The van der Waals surface area contributed by atoms with Crippen LogP contribution in [0.3, 0.4) is 0 Å². The predicted molar refractivity (Wildman–Crippen MR) is 37.5 cm³/mol. The van der Waals surface area contributed by atoms with Crippen molar-refractivity contribution >= 4 is 0 Å². The van der Waals surface area contributed by atoms with E-state index in [1.54, 1.807) is 6.08 Å². The average Bonchev–Trinajstić information content (AvgIpc) is 1.83. The molecule has 0 aromatic rings. The van der Waals surface area contributed by atoms with Gasteiger partial charge in [-0.1, -0.05) is 45.1 Å². The molecule has 0 heterocycles. The highest BCUT2D eigenvalue weighted by molar-refractivity contribution is 4.97. The maximum atomic E-state index is 5.12. The topological polar surface area (TPSA) is 0 Å². The molecule has 0 fully saturated rings. The molecule has 1 unspecified atom stereocenters. The lowest BCUT2D eigenvalue weighted by atomic mass is 10.1. The largest absolute Gasteiger partial charge is 0.0817 e. The zero-order valence-electron chi connectivity index (χ0n) is 5.59. The molecule has 0 aromatic heterocycles. The molecule has 0 bridgehead atoms. The summed E-state index contributed by atoms with van der Waals surface area (Å²) in [4.78, 5) is 0. The summed E-state index contributed by atoms with van der Waals surface area (Å²) in [5.41, 5.74) is 0. The second kappa shape index (κ2) is 4.63. The van der Waals surface area contributed by atoms with Gasteiger partial charge >= 0.3 is 0 Å². The third kappa shape index (κ3) is 3.66. The Kier molecular flexibility index (Phi) is 4.33. The normalized spacial score (nSPS) is 14.2. The van der Waals surface area contributed by atoms with Crippen LogP contribution in [-0.2, 0) is 0 Å². The van der Waals surface area contributed by atoms with Crippen LogP contribution in [0, 0.1) is 12.5 Å². The molecule has 1 atom stereocenters. The van der Waals surface area contributed by atoms with E-state index in [1.165, 1.54) is 6.42 Å². The lowest BCUT2D eigenvalue weighted by Crippen LogP contribution is -1.82. The maximum Gasteiger partial charge on any atom is -0.0261 e. The van der Waals surface area contributed by atoms with E-state index in [-0.39, 0.29) is 0 Å². The van der Waals surface area contributed by atoms with Crippen LogP contribution in [0.5, 0.6) is 0 Å². The van der Waals surface area contributed by atoms with Gasteiger partial charge in [0.2, 0.25) is 0 Å². The van der Waals surface area contributed by atoms with Gasteiger partial charge in [0.05, 0.1) is 0 Å². The molecule has 8 heavy (non-hydrogen) atoms. The van der Waals surface area contributed by atoms with Gasteiger partial charge in [0.15, 0.2) is 0 Å². The highest BCUT2D eigenvalue weighted by atomic mass is 13.9. The van der Waals surface area contributed by atoms with E-state index >= 15 is 0 Å². The quantitative estimate of drug-likeness (QED) is 0.489. The van der Waals surface area contributed by atoms with Crippen LogP contribution < -0.4 is 0 Å².